The largest absolute Gasteiger partial charge is 0.493 e. The van der Waals surface area contributed by atoms with Crippen LogP contribution in [0.2, 0.25) is 0 Å². The number of hydrogen-bond acceptors (Lipinski definition) is 7. The highest BCUT2D eigenvalue weighted by atomic mass is 16.6. The standard InChI is InChI=1S/C17H17N3O6/c1-3-26-16-8-11(14(20(23)24)9-15(16)25-2)10-18-19-13-7-5-4-6-12(13)17(21)22/h4-10,19H,3H2,1-2H3,(H,21,22). The number of aromatic carboxylic acids is 1. The maximum atomic E-state index is 11.3. The van der Waals surface area contributed by atoms with E-state index in [4.69, 9.17) is 14.6 Å². The number of carbonyl (C=O) groups is 1. The highest BCUT2D eigenvalue weighted by Crippen LogP contribution is 2.34. The Kier molecular flexibility index (Phi) is 6.10. The third-order valence-corrected chi connectivity index (χ3v) is 3.36. The van der Waals surface area contributed by atoms with Crippen molar-refractivity contribution in [2.75, 3.05) is 19.1 Å². The van der Waals surface area contributed by atoms with Crippen LogP contribution in [0.3, 0.4) is 0 Å². The number of ether oxygens (including phenoxy) is 2. The summed E-state index contributed by atoms with van der Waals surface area (Å²) in [5, 5.41) is 24.3. The monoisotopic (exact) mass is 359 g/mol. The van der Waals surface area contributed by atoms with Gasteiger partial charge >= 0.3 is 5.97 Å². The Morgan fingerprint density at radius 3 is 2.69 bits per heavy atom. The van der Waals surface area contributed by atoms with Crippen LogP contribution >= 0.6 is 0 Å². The maximum absolute atomic E-state index is 11.3. The molecule has 0 amide bonds. The zero-order valence-corrected chi connectivity index (χ0v) is 14.1. The van der Waals surface area contributed by atoms with Crippen molar-refractivity contribution in [1.82, 2.24) is 0 Å². The molecule has 0 atom stereocenters. The van der Waals surface area contributed by atoms with Gasteiger partial charge in [-0.2, -0.15) is 5.10 Å². The highest BCUT2D eigenvalue weighted by Gasteiger charge is 2.18. The highest BCUT2D eigenvalue weighted by molar-refractivity contribution is 5.94. The first kappa shape index (κ1) is 18.7. The fourth-order valence-corrected chi connectivity index (χ4v) is 2.19. The van der Waals surface area contributed by atoms with E-state index in [9.17, 15) is 14.9 Å². The van der Waals surface area contributed by atoms with Crippen LogP contribution in [0.15, 0.2) is 41.5 Å². The van der Waals surface area contributed by atoms with Crippen molar-refractivity contribution < 1.29 is 24.3 Å². The van der Waals surface area contributed by atoms with Gasteiger partial charge in [0.05, 0.1) is 47.7 Å². The predicted molar refractivity (Wildman–Crippen MR) is 95.4 cm³/mol. The molecular weight excluding hydrogens is 342 g/mol. The fourth-order valence-electron chi connectivity index (χ4n) is 2.19. The van der Waals surface area contributed by atoms with Gasteiger partial charge in [-0.15, -0.1) is 0 Å². The fraction of sp³-hybridized carbons (Fsp3) is 0.176. The van der Waals surface area contributed by atoms with Crippen LogP contribution in [0, 0.1) is 10.1 Å². The van der Waals surface area contributed by atoms with Crippen LogP contribution in [0.4, 0.5) is 11.4 Å². The van der Waals surface area contributed by atoms with Crippen LogP contribution in [-0.4, -0.2) is 35.9 Å². The van der Waals surface area contributed by atoms with E-state index in [-0.39, 0.29) is 28.3 Å². The van der Waals surface area contributed by atoms with E-state index in [0.717, 1.165) is 0 Å². The number of carboxylic acid groups (broad SMARTS) is 1. The number of anilines is 1. The summed E-state index contributed by atoms with van der Waals surface area (Å²) in [4.78, 5) is 21.9. The van der Waals surface area contributed by atoms with Crippen molar-refractivity contribution >= 4 is 23.6 Å². The molecule has 0 saturated heterocycles. The van der Waals surface area contributed by atoms with Gasteiger partial charge in [-0.1, -0.05) is 12.1 Å². The lowest BCUT2D eigenvalue weighted by Gasteiger charge is -2.10. The van der Waals surface area contributed by atoms with Gasteiger partial charge in [0.25, 0.3) is 5.69 Å². The molecule has 9 nitrogen and oxygen atoms in total. The molecule has 0 radical (unpaired) electrons. The van der Waals surface area contributed by atoms with Gasteiger partial charge in [0.15, 0.2) is 11.5 Å². The number of nitro groups is 1. The van der Waals surface area contributed by atoms with E-state index < -0.39 is 10.9 Å². The number of hydrazone groups is 1. The number of carboxylic acids is 1. The third-order valence-electron chi connectivity index (χ3n) is 3.36. The first-order chi connectivity index (χ1) is 12.5. The van der Waals surface area contributed by atoms with Crippen molar-refractivity contribution in [3.8, 4) is 11.5 Å². The molecule has 0 spiro atoms. The Morgan fingerprint density at radius 1 is 1.35 bits per heavy atom. The summed E-state index contributed by atoms with van der Waals surface area (Å²) < 4.78 is 10.5. The lowest BCUT2D eigenvalue weighted by Crippen LogP contribution is -2.03. The average Bonchev–Trinajstić information content (AvgIpc) is 2.62. The van der Waals surface area contributed by atoms with Gasteiger partial charge in [-0.3, -0.25) is 15.5 Å². The Bertz CT molecular complexity index is 850. The second-order valence-electron chi connectivity index (χ2n) is 4.97. The zero-order valence-electron chi connectivity index (χ0n) is 14.1. The van der Waals surface area contributed by atoms with E-state index in [1.165, 1.54) is 37.6 Å². The summed E-state index contributed by atoms with van der Waals surface area (Å²) in [6.07, 6.45) is 1.22. The topological polar surface area (TPSA) is 123 Å². The maximum Gasteiger partial charge on any atom is 0.337 e. The van der Waals surface area contributed by atoms with E-state index in [2.05, 4.69) is 10.5 Å². The molecule has 0 bridgehead atoms. The molecule has 2 aromatic carbocycles. The molecule has 2 aromatic rings. The molecule has 26 heavy (non-hydrogen) atoms. The number of nitrogens with zero attached hydrogens (tertiary/aromatic N) is 2. The van der Waals surface area contributed by atoms with Gasteiger partial charge in [0, 0.05) is 0 Å². The average molecular weight is 359 g/mol. The number of rotatable bonds is 8. The quantitative estimate of drug-likeness (QED) is 0.421. The molecule has 0 aliphatic rings. The van der Waals surface area contributed by atoms with E-state index in [1.807, 2.05) is 0 Å². The van der Waals surface area contributed by atoms with Crippen molar-refractivity contribution in [3.63, 3.8) is 0 Å². The minimum Gasteiger partial charge on any atom is -0.493 e. The van der Waals surface area contributed by atoms with Crippen molar-refractivity contribution in [2.45, 2.75) is 6.92 Å². The number of methoxy groups -OCH3 is 1. The number of benzene rings is 2. The molecule has 0 saturated carbocycles. The predicted octanol–water partition coefficient (Wildman–Crippen LogP) is 3.15. The molecular formula is C17H17N3O6. The second kappa shape index (κ2) is 8.47. The summed E-state index contributed by atoms with van der Waals surface area (Å²) in [6, 6.07) is 8.87. The van der Waals surface area contributed by atoms with Gasteiger partial charge in [0.2, 0.25) is 0 Å². The van der Waals surface area contributed by atoms with E-state index in [0.29, 0.717) is 12.4 Å². The van der Waals surface area contributed by atoms with Crippen LogP contribution in [0.25, 0.3) is 0 Å². The zero-order chi connectivity index (χ0) is 19.1. The van der Waals surface area contributed by atoms with Crippen molar-refractivity contribution in [3.05, 3.63) is 57.6 Å². The molecule has 136 valence electrons. The van der Waals surface area contributed by atoms with Gasteiger partial charge in [-0.25, -0.2) is 4.79 Å². The van der Waals surface area contributed by atoms with Crippen molar-refractivity contribution in [1.29, 1.82) is 0 Å². The Morgan fingerprint density at radius 2 is 2.08 bits per heavy atom. The summed E-state index contributed by atoms with van der Waals surface area (Å²) >= 11 is 0. The lowest BCUT2D eigenvalue weighted by atomic mass is 10.1. The number of hydrogen-bond donors (Lipinski definition) is 2. The lowest BCUT2D eigenvalue weighted by molar-refractivity contribution is -0.385. The molecule has 0 unspecified atom stereocenters. The molecule has 0 aliphatic carbocycles. The van der Waals surface area contributed by atoms with Crippen LogP contribution in [0.5, 0.6) is 11.5 Å². The SMILES string of the molecule is CCOc1cc(C=NNc2ccccc2C(=O)O)c([N+](=O)[O-])cc1OC. The number of nitro benzene ring substituents is 1. The number of nitrogens with one attached hydrogen (secondary N) is 1. The molecule has 0 aliphatic heterocycles. The molecule has 9 heteroatoms. The molecule has 0 aromatic heterocycles. The van der Waals surface area contributed by atoms with Crippen LogP contribution < -0.4 is 14.9 Å². The summed E-state index contributed by atoms with van der Waals surface area (Å²) in [7, 11) is 1.39. The minimum absolute atomic E-state index is 0.0314. The second-order valence-corrected chi connectivity index (χ2v) is 4.97. The first-order valence-corrected chi connectivity index (χ1v) is 7.58. The summed E-state index contributed by atoms with van der Waals surface area (Å²) in [5.74, 6) is -0.537. The van der Waals surface area contributed by atoms with Gasteiger partial charge < -0.3 is 14.6 Å². The Balaban J connectivity index is 2.36. The third kappa shape index (κ3) is 4.26. The molecule has 2 rings (SSSR count). The van der Waals surface area contributed by atoms with Crippen LogP contribution in [-0.2, 0) is 0 Å². The minimum atomic E-state index is -1.11. The normalized spacial score (nSPS) is 10.5. The first-order valence-electron chi connectivity index (χ1n) is 7.58. The Hall–Kier alpha value is -3.62. The summed E-state index contributed by atoms with van der Waals surface area (Å²) in [6.45, 7) is 2.13. The summed E-state index contributed by atoms with van der Waals surface area (Å²) in [5.41, 5.74) is 2.84. The molecule has 2 N–H and O–H groups in total. The van der Waals surface area contributed by atoms with Gasteiger partial charge in [-0.05, 0) is 25.1 Å². The van der Waals surface area contributed by atoms with E-state index in [1.54, 1.807) is 19.1 Å². The van der Waals surface area contributed by atoms with E-state index >= 15 is 0 Å². The van der Waals surface area contributed by atoms with Crippen LogP contribution in [0.1, 0.15) is 22.8 Å². The number of para-hydroxylation sites is 1. The van der Waals surface area contributed by atoms with Gasteiger partial charge in [0.1, 0.15) is 0 Å². The van der Waals surface area contributed by atoms with Crippen molar-refractivity contribution in [2.24, 2.45) is 5.10 Å². The smallest absolute Gasteiger partial charge is 0.337 e. The molecule has 0 fully saturated rings. The molecule has 0 heterocycles. The Labute approximate surface area is 149 Å².